The number of nitrogens with one attached hydrogen (secondary N) is 2. The normalized spacial score (nSPS) is 17.6. The molecule has 2 N–H and O–H groups in total. The molecule has 0 spiro atoms. The van der Waals surface area contributed by atoms with Crippen molar-refractivity contribution in [3.05, 3.63) is 54.1 Å². The van der Waals surface area contributed by atoms with Crippen LogP contribution in [0.2, 0.25) is 0 Å². The molecule has 0 aromatic heterocycles. The van der Waals surface area contributed by atoms with Crippen LogP contribution in [-0.4, -0.2) is 45.7 Å². The highest BCUT2D eigenvalue weighted by Gasteiger charge is 2.18. The molecule has 1 amide bonds. The molecule has 0 radical (unpaired) electrons. The van der Waals surface area contributed by atoms with E-state index in [1.807, 2.05) is 12.1 Å². The number of likely N-dealkylation sites (N-methyl/N-ethyl adjacent to an activating group) is 1. The van der Waals surface area contributed by atoms with Crippen LogP contribution in [-0.2, 0) is 11.3 Å². The zero-order chi connectivity index (χ0) is 20.1. The maximum absolute atomic E-state index is 12.5. The second-order valence-corrected chi connectivity index (χ2v) is 8.42. The third-order valence-corrected chi connectivity index (χ3v) is 6.02. The van der Waals surface area contributed by atoms with Gasteiger partial charge < -0.3 is 20.0 Å². The monoisotopic (exact) mass is 393 g/mol. The molecule has 154 valence electrons. The first-order valence-electron chi connectivity index (χ1n) is 11.0. The Kier molecular flexibility index (Phi) is 6.35. The van der Waals surface area contributed by atoms with Crippen molar-refractivity contribution in [1.29, 1.82) is 0 Å². The van der Waals surface area contributed by atoms with Crippen LogP contribution in [0.25, 0.3) is 0 Å². The fourth-order valence-corrected chi connectivity index (χ4v) is 4.52. The summed E-state index contributed by atoms with van der Waals surface area (Å²) < 4.78 is 0. The Morgan fingerprint density at radius 2 is 1.52 bits per heavy atom. The highest BCUT2D eigenvalue weighted by molar-refractivity contribution is 5.91. The Morgan fingerprint density at radius 3 is 2.21 bits per heavy atom. The van der Waals surface area contributed by atoms with E-state index >= 15 is 0 Å². The van der Waals surface area contributed by atoms with Gasteiger partial charge in [0.05, 0.1) is 7.05 Å². The zero-order valence-corrected chi connectivity index (χ0v) is 17.5. The highest BCUT2D eigenvalue weighted by atomic mass is 16.2. The summed E-state index contributed by atoms with van der Waals surface area (Å²) in [7, 11) is 2.09. The van der Waals surface area contributed by atoms with Gasteiger partial charge in [-0.2, -0.15) is 0 Å². The van der Waals surface area contributed by atoms with Gasteiger partial charge in [-0.1, -0.05) is 18.2 Å². The zero-order valence-electron chi connectivity index (χ0n) is 17.5. The number of rotatable bonds is 7. The largest absolute Gasteiger partial charge is 0.372 e. The van der Waals surface area contributed by atoms with E-state index in [1.165, 1.54) is 47.5 Å². The quantitative estimate of drug-likeness (QED) is 0.760. The number of nitrogens with zero attached hydrogens (tertiary/aromatic N) is 2. The van der Waals surface area contributed by atoms with Crippen LogP contribution in [0.15, 0.2) is 48.5 Å². The summed E-state index contributed by atoms with van der Waals surface area (Å²) in [5, 5.41) is 3.06. The molecule has 2 aromatic rings. The van der Waals surface area contributed by atoms with E-state index < -0.39 is 0 Å². The van der Waals surface area contributed by atoms with Gasteiger partial charge in [0.15, 0.2) is 6.54 Å². The van der Waals surface area contributed by atoms with E-state index in [9.17, 15) is 4.79 Å². The van der Waals surface area contributed by atoms with E-state index in [0.717, 1.165) is 38.4 Å². The van der Waals surface area contributed by atoms with Gasteiger partial charge in [-0.05, 0) is 56.0 Å². The minimum absolute atomic E-state index is 0.0649. The Bertz CT molecular complexity index is 808. The summed E-state index contributed by atoms with van der Waals surface area (Å²) in [6, 6.07) is 16.9. The maximum Gasteiger partial charge on any atom is 0.279 e. The van der Waals surface area contributed by atoms with E-state index in [-0.39, 0.29) is 5.91 Å². The second-order valence-electron chi connectivity index (χ2n) is 8.42. The molecule has 2 aliphatic heterocycles. The Balaban J connectivity index is 1.31. The maximum atomic E-state index is 12.5. The van der Waals surface area contributed by atoms with Crippen LogP contribution in [0, 0.1) is 0 Å². The van der Waals surface area contributed by atoms with Crippen molar-refractivity contribution in [3.8, 4) is 0 Å². The number of anilines is 3. The molecule has 0 saturated carbocycles. The minimum atomic E-state index is 0.0649. The molecule has 0 bridgehead atoms. The van der Waals surface area contributed by atoms with Gasteiger partial charge in [0.2, 0.25) is 0 Å². The summed E-state index contributed by atoms with van der Waals surface area (Å²) in [6.45, 7) is 5.88. The molecule has 1 atom stereocenters. The van der Waals surface area contributed by atoms with E-state index in [0.29, 0.717) is 6.54 Å². The minimum Gasteiger partial charge on any atom is -0.372 e. The van der Waals surface area contributed by atoms with Gasteiger partial charge in [-0.15, -0.1) is 0 Å². The van der Waals surface area contributed by atoms with Crippen molar-refractivity contribution >= 4 is 23.0 Å². The van der Waals surface area contributed by atoms with Gasteiger partial charge >= 0.3 is 0 Å². The van der Waals surface area contributed by atoms with Crippen molar-refractivity contribution < 1.29 is 9.69 Å². The molecule has 5 nitrogen and oxygen atoms in total. The Labute approximate surface area is 174 Å². The number of quaternary nitrogens is 1. The average Bonchev–Trinajstić information content (AvgIpc) is 3.43. The summed E-state index contributed by atoms with van der Waals surface area (Å²) in [5.74, 6) is 0.0649. The molecule has 1 unspecified atom stereocenters. The van der Waals surface area contributed by atoms with Crippen molar-refractivity contribution in [2.75, 3.05) is 54.9 Å². The smallest absolute Gasteiger partial charge is 0.279 e. The Hall–Kier alpha value is -2.53. The van der Waals surface area contributed by atoms with Crippen LogP contribution in [0.3, 0.4) is 0 Å². The second kappa shape index (κ2) is 9.31. The predicted molar refractivity (Wildman–Crippen MR) is 120 cm³/mol. The van der Waals surface area contributed by atoms with E-state index in [4.69, 9.17) is 0 Å². The fraction of sp³-hybridized carbons (Fsp3) is 0.458. The standard InChI is InChI=1S/C24H32N4O/c1-26(18-20-8-2-3-9-23(20)28-16-6-7-17-28)19-24(29)25-21-10-12-22(13-11-21)27-14-4-5-15-27/h2-3,8-13H,4-7,14-19H2,1H3,(H,25,29)/p+1. The number of hydrogen-bond acceptors (Lipinski definition) is 3. The first-order valence-corrected chi connectivity index (χ1v) is 11.0. The van der Waals surface area contributed by atoms with E-state index in [2.05, 4.69) is 58.6 Å². The molecule has 2 heterocycles. The van der Waals surface area contributed by atoms with Crippen molar-refractivity contribution in [1.82, 2.24) is 0 Å². The summed E-state index contributed by atoms with van der Waals surface area (Å²) in [6.07, 6.45) is 5.09. The summed E-state index contributed by atoms with van der Waals surface area (Å²) in [4.78, 5) is 18.6. The van der Waals surface area contributed by atoms with Gasteiger partial charge in [0, 0.05) is 48.8 Å². The Morgan fingerprint density at radius 1 is 0.897 bits per heavy atom. The average molecular weight is 394 g/mol. The number of para-hydroxylation sites is 1. The molecular weight excluding hydrogens is 360 g/mol. The third kappa shape index (κ3) is 5.10. The van der Waals surface area contributed by atoms with Gasteiger partial charge in [0.1, 0.15) is 6.54 Å². The third-order valence-electron chi connectivity index (χ3n) is 6.02. The van der Waals surface area contributed by atoms with Gasteiger partial charge in [-0.3, -0.25) is 4.79 Å². The lowest BCUT2D eigenvalue weighted by Gasteiger charge is -2.23. The number of carbonyl (C=O) groups is 1. The molecule has 2 aromatic carbocycles. The highest BCUT2D eigenvalue weighted by Crippen LogP contribution is 2.24. The molecular formula is C24H33N4O+. The molecule has 5 heteroatoms. The molecule has 2 saturated heterocycles. The molecule has 0 aliphatic carbocycles. The van der Waals surface area contributed by atoms with Crippen LogP contribution >= 0.6 is 0 Å². The van der Waals surface area contributed by atoms with Crippen LogP contribution in [0.4, 0.5) is 17.1 Å². The van der Waals surface area contributed by atoms with Crippen molar-refractivity contribution in [3.63, 3.8) is 0 Å². The number of amides is 1. The first kappa shape index (κ1) is 19.8. The number of benzene rings is 2. The number of hydrogen-bond donors (Lipinski definition) is 2. The lowest BCUT2D eigenvalue weighted by molar-refractivity contribution is -0.885. The lowest BCUT2D eigenvalue weighted by atomic mass is 10.1. The van der Waals surface area contributed by atoms with Crippen molar-refractivity contribution in [2.24, 2.45) is 0 Å². The lowest BCUT2D eigenvalue weighted by Crippen LogP contribution is -3.08. The predicted octanol–water partition coefficient (Wildman–Crippen LogP) is 2.54. The van der Waals surface area contributed by atoms with Crippen LogP contribution in [0.5, 0.6) is 0 Å². The van der Waals surface area contributed by atoms with Crippen molar-refractivity contribution in [2.45, 2.75) is 32.2 Å². The topological polar surface area (TPSA) is 40.0 Å². The SMILES string of the molecule is C[NH+](CC(=O)Nc1ccc(N2CCCC2)cc1)Cc1ccccc1N1CCCC1. The molecule has 2 fully saturated rings. The summed E-state index contributed by atoms with van der Waals surface area (Å²) >= 11 is 0. The van der Waals surface area contributed by atoms with Gasteiger partial charge in [-0.25, -0.2) is 0 Å². The fourth-order valence-electron chi connectivity index (χ4n) is 4.52. The molecule has 2 aliphatic rings. The van der Waals surface area contributed by atoms with Crippen LogP contribution < -0.4 is 20.0 Å². The first-order chi connectivity index (χ1) is 14.2. The number of carbonyl (C=O) groups excluding carboxylic acids is 1. The molecule has 29 heavy (non-hydrogen) atoms. The van der Waals surface area contributed by atoms with Gasteiger partial charge in [0.25, 0.3) is 5.91 Å². The molecule has 4 rings (SSSR count). The summed E-state index contributed by atoms with van der Waals surface area (Å²) in [5.41, 5.74) is 4.79. The van der Waals surface area contributed by atoms with E-state index in [1.54, 1.807) is 0 Å². The van der Waals surface area contributed by atoms with Crippen LogP contribution in [0.1, 0.15) is 31.2 Å².